The summed E-state index contributed by atoms with van der Waals surface area (Å²) in [4.78, 5) is 21.6. The molecule has 2 aliphatic rings. The van der Waals surface area contributed by atoms with Gasteiger partial charge < -0.3 is 14.2 Å². The van der Waals surface area contributed by atoms with Crippen molar-refractivity contribution in [3.8, 4) is 0 Å². The Labute approximate surface area is 148 Å². The summed E-state index contributed by atoms with van der Waals surface area (Å²) >= 11 is 0. The largest absolute Gasteiger partial charge is 0.379 e. The second kappa shape index (κ2) is 7.14. The fourth-order valence-electron chi connectivity index (χ4n) is 4.10. The van der Waals surface area contributed by atoms with Crippen molar-refractivity contribution >= 4 is 16.9 Å². The summed E-state index contributed by atoms with van der Waals surface area (Å²) in [5, 5.41) is 0. The molecular formula is C19H26N4O2. The fourth-order valence-corrected chi connectivity index (χ4v) is 4.10. The van der Waals surface area contributed by atoms with Crippen molar-refractivity contribution in [2.45, 2.75) is 25.9 Å². The lowest BCUT2D eigenvalue weighted by Gasteiger charge is -2.34. The summed E-state index contributed by atoms with van der Waals surface area (Å²) < 4.78 is 7.53. The molecular weight excluding hydrogens is 316 g/mol. The van der Waals surface area contributed by atoms with Gasteiger partial charge in [0.15, 0.2) is 0 Å². The number of amides is 1. The summed E-state index contributed by atoms with van der Waals surface area (Å²) in [7, 11) is 0. The zero-order valence-corrected chi connectivity index (χ0v) is 14.8. The first-order valence-corrected chi connectivity index (χ1v) is 9.22. The first kappa shape index (κ1) is 16.5. The van der Waals surface area contributed by atoms with Crippen LogP contribution in [0.2, 0.25) is 0 Å². The summed E-state index contributed by atoms with van der Waals surface area (Å²) in [6.45, 7) is 8.26. The van der Waals surface area contributed by atoms with Gasteiger partial charge in [-0.3, -0.25) is 9.69 Å². The second-order valence-electron chi connectivity index (χ2n) is 7.17. The van der Waals surface area contributed by atoms with Crippen molar-refractivity contribution in [1.29, 1.82) is 0 Å². The van der Waals surface area contributed by atoms with Crippen LogP contribution in [-0.4, -0.2) is 70.7 Å². The molecule has 1 aromatic carbocycles. The average Bonchev–Trinajstić information content (AvgIpc) is 3.24. The molecule has 0 unspecified atom stereocenters. The number of rotatable bonds is 4. The normalized spacial score (nSPS) is 24.9. The third kappa shape index (κ3) is 3.41. The molecule has 2 atom stereocenters. The van der Waals surface area contributed by atoms with Crippen molar-refractivity contribution < 1.29 is 9.53 Å². The number of nitrogens with zero attached hydrogens (tertiary/aromatic N) is 4. The van der Waals surface area contributed by atoms with Gasteiger partial charge in [-0.05, 0) is 18.1 Å². The topological polar surface area (TPSA) is 50.6 Å². The summed E-state index contributed by atoms with van der Waals surface area (Å²) in [5.74, 6) is 0.775. The molecule has 134 valence electrons. The van der Waals surface area contributed by atoms with E-state index in [1.807, 2.05) is 29.4 Å². The average molecular weight is 342 g/mol. The van der Waals surface area contributed by atoms with Gasteiger partial charge in [0.2, 0.25) is 5.91 Å². The van der Waals surface area contributed by atoms with E-state index in [1.165, 1.54) is 0 Å². The Morgan fingerprint density at radius 2 is 2.04 bits per heavy atom. The smallest absolute Gasteiger partial charge is 0.224 e. The maximum Gasteiger partial charge on any atom is 0.224 e. The van der Waals surface area contributed by atoms with Gasteiger partial charge in [0.25, 0.3) is 0 Å². The minimum Gasteiger partial charge on any atom is -0.379 e. The number of morpholine rings is 1. The van der Waals surface area contributed by atoms with Crippen LogP contribution in [0, 0.1) is 5.92 Å². The molecule has 4 rings (SSSR count). The lowest BCUT2D eigenvalue weighted by Crippen LogP contribution is -2.47. The van der Waals surface area contributed by atoms with Crippen molar-refractivity contribution in [1.82, 2.24) is 19.4 Å². The van der Waals surface area contributed by atoms with Gasteiger partial charge >= 0.3 is 0 Å². The van der Waals surface area contributed by atoms with E-state index in [0.717, 1.165) is 50.4 Å². The Bertz CT molecular complexity index is 738. The van der Waals surface area contributed by atoms with Gasteiger partial charge in [0.05, 0.1) is 30.6 Å². The van der Waals surface area contributed by atoms with E-state index >= 15 is 0 Å². The summed E-state index contributed by atoms with van der Waals surface area (Å²) in [6, 6.07) is 8.53. The van der Waals surface area contributed by atoms with Crippen molar-refractivity contribution in [2.24, 2.45) is 5.92 Å². The first-order chi connectivity index (χ1) is 12.2. The minimum absolute atomic E-state index is 0.250. The first-order valence-electron chi connectivity index (χ1n) is 9.22. The Morgan fingerprint density at radius 1 is 1.24 bits per heavy atom. The monoisotopic (exact) mass is 342 g/mol. The van der Waals surface area contributed by atoms with E-state index < -0.39 is 0 Å². The van der Waals surface area contributed by atoms with Gasteiger partial charge in [-0.2, -0.15) is 0 Å². The van der Waals surface area contributed by atoms with E-state index in [2.05, 4.69) is 27.4 Å². The molecule has 2 fully saturated rings. The molecule has 25 heavy (non-hydrogen) atoms. The van der Waals surface area contributed by atoms with Gasteiger partial charge in [0.1, 0.15) is 0 Å². The maximum absolute atomic E-state index is 12.7. The number of fused-ring (bicyclic) bond motifs is 1. The molecule has 6 nitrogen and oxygen atoms in total. The molecule has 0 spiro atoms. The highest BCUT2D eigenvalue weighted by Crippen LogP contribution is 2.23. The molecule has 0 bridgehead atoms. The molecule has 6 heteroatoms. The SMILES string of the molecule is C[C@@H]1CN(C(=O)CCn2cnc3ccccc32)C[C@H]1N1CCOCC1. The van der Waals surface area contributed by atoms with Crippen LogP contribution in [0.1, 0.15) is 13.3 Å². The number of carbonyl (C=O) groups is 1. The van der Waals surface area contributed by atoms with Crippen LogP contribution in [0.4, 0.5) is 0 Å². The van der Waals surface area contributed by atoms with E-state index in [-0.39, 0.29) is 5.91 Å². The number of hydrogen-bond donors (Lipinski definition) is 0. The number of hydrogen-bond acceptors (Lipinski definition) is 4. The number of imidazole rings is 1. The van der Waals surface area contributed by atoms with Crippen LogP contribution in [-0.2, 0) is 16.1 Å². The molecule has 0 saturated carbocycles. The third-order valence-corrected chi connectivity index (χ3v) is 5.53. The predicted molar refractivity (Wildman–Crippen MR) is 96.3 cm³/mol. The highest BCUT2D eigenvalue weighted by molar-refractivity contribution is 5.78. The van der Waals surface area contributed by atoms with Crippen LogP contribution in [0.3, 0.4) is 0 Å². The van der Waals surface area contributed by atoms with Crippen molar-refractivity contribution in [3.63, 3.8) is 0 Å². The molecule has 1 aromatic heterocycles. The molecule has 0 N–H and O–H groups in total. The highest BCUT2D eigenvalue weighted by Gasteiger charge is 2.36. The van der Waals surface area contributed by atoms with Gasteiger partial charge in [-0.15, -0.1) is 0 Å². The molecule has 2 aromatic rings. The van der Waals surface area contributed by atoms with E-state index in [4.69, 9.17) is 4.74 Å². The van der Waals surface area contributed by atoms with E-state index in [0.29, 0.717) is 24.9 Å². The van der Waals surface area contributed by atoms with Crippen LogP contribution in [0.5, 0.6) is 0 Å². The number of likely N-dealkylation sites (tertiary alicyclic amines) is 1. The van der Waals surface area contributed by atoms with Crippen molar-refractivity contribution in [2.75, 3.05) is 39.4 Å². The number of carbonyl (C=O) groups excluding carboxylic acids is 1. The molecule has 2 aliphatic heterocycles. The summed E-state index contributed by atoms with van der Waals surface area (Å²) in [5.41, 5.74) is 2.08. The quantitative estimate of drug-likeness (QED) is 0.847. The Morgan fingerprint density at radius 3 is 2.88 bits per heavy atom. The van der Waals surface area contributed by atoms with Gasteiger partial charge in [0, 0.05) is 45.2 Å². The summed E-state index contributed by atoms with van der Waals surface area (Å²) in [6.07, 6.45) is 2.37. The maximum atomic E-state index is 12.7. The van der Waals surface area contributed by atoms with E-state index in [9.17, 15) is 4.79 Å². The molecule has 1 amide bonds. The van der Waals surface area contributed by atoms with Gasteiger partial charge in [-0.25, -0.2) is 4.98 Å². The van der Waals surface area contributed by atoms with Crippen LogP contribution >= 0.6 is 0 Å². The minimum atomic E-state index is 0.250. The second-order valence-corrected chi connectivity index (χ2v) is 7.17. The number of para-hydroxylation sites is 2. The molecule has 3 heterocycles. The van der Waals surface area contributed by atoms with Crippen LogP contribution < -0.4 is 0 Å². The Kier molecular flexibility index (Phi) is 4.72. The zero-order valence-electron chi connectivity index (χ0n) is 14.8. The lowest BCUT2D eigenvalue weighted by atomic mass is 10.0. The molecule has 2 saturated heterocycles. The number of aryl methyl sites for hydroxylation is 1. The van der Waals surface area contributed by atoms with Crippen LogP contribution in [0.15, 0.2) is 30.6 Å². The Hall–Kier alpha value is -1.92. The third-order valence-electron chi connectivity index (χ3n) is 5.53. The number of aromatic nitrogens is 2. The van der Waals surface area contributed by atoms with Gasteiger partial charge in [-0.1, -0.05) is 19.1 Å². The van der Waals surface area contributed by atoms with E-state index in [1.54, 1.807) is 0 Å². The lowest BCUT2D eigenvalue weighted by molar-refractivity contribution is -0.130. The highest BCUT2D eigenvalue weighted by atomic mass is 16.5. The number of benzene rings is 1. The predicted octanol–water partition coefficient (Wildman–Crippen LogP) is 1.61. The zero-order chi connectivity index (χ0) is 17.2. The molecule has 0 radical (unpaired) electrons. The number of ether oxygens (including phenoxy) is 1. The standard InChI is InChI=1S/C19H26N4O2/c1-15-12-23(13-18(15)21-8-10-25-11-9-21)19(24)6-7-22-14-20-16-4-2-3-5-17(16)22/h2-5,14-15,18H,6-13H2,1H3/t15-,18-/m1/s1. The Balaban J connectivity index is 1.35. The van der Waals surface area contributed by atoms with Crippen LogP contribution in [0.25, 0.3) is 11.0 Å². The fraction of sp³-hybridized carbons (Fsp3) is 0.579. The van der Waals surface area contributed by atoms with Crippen molar-refractivity contribution in [3.05, 3.63) is 30.6 Å². The molecule has 0 aliphatic carbocycles.